The van der Waals surface area contributed by atoms with Gasteiger partial charge < -0.3 is 5.11 Å². The quantitative estimate of drug-likeness (QED) is 0.902. The van der Waals surface area contributed by atoms with Crippen molar-refractivity contribution in [2.45, 2.75) is 5.92 Å². The van der Waals surface area contributed by atoms with Crippen LogP contribution in [-0.4, -0.2) is 11.1 Å². The first-order chi connectivity index (χ1) is 8.51. The lowest BCUT2D eigenvalue weighted by Crippen LogP contribution is -2.15. The molecule has 18 heavy (non-hydrogen) atoms. The number of benzene rings is 2. The van der Waals surface area contributed by atoms with Gasteiger partial charge in [-0.05, 0) is 12.1 Å². The van der Waals surface area contributed by atoms with E-state index in [1.165, 1.54) is 36.4 Å². The first-order valence-corrected chi connectivity index (χ1v) is 5.29. The van der Waals surface area contributed by atoms with Gasteiger partial charge in [0.2, 0.25) is 0 Å². The summed E-state index contributed by atoms with van der Waals surface area (Å²) in [5.74, 6) is -4.26. The van der Waals surface area contributed by atoms with Crippen LogP contribution in [0.15, 0.2) is 54.6 Å². The Morgan fingerprint density at radius 3 is 1.89 bits per heavy atom. The number of hydrogen-bond acceptors (Lipinski definition) is 1. The first-order valence-electron chi connectivity index (χ1n) is 5.29. The Balaban J connectivity index is 2.39. The smallest absolute Gasteiger partial charge is 0.335 e. The Kier molecular flexibility index (Phi) is 3.10. The molecule has 0 radical (unpaired) electrons. The van der Waals surface area contributed by atoms with Gasteiger partial charge in [0.05, 0.1) is 5.56 Å². The van der Waals surface area contributed by atoms with Gasteiger partial charge in [-0.2, -0.15) is 8.78 Å². The van der Waals surface area contributed by atoms with Crippen molar-refractivity contribution in [3.05, 3.63) is 71.3 Å². The van der Waals surface area contributed by atoms with Gasteiger partial charge in [-0.3, -0.25) is 0 Å². The third kappa shape index (κ3) is 2.22. The van der Waals surface area contributed by atoms with Crippen LogP contribution in [0.2, 0.25) is 0 Å². The Hall–Kier alpha value is -2.23. The highest BCUT2D eigenvalue weighted by atomic mass is 19.3. The minimum atomic E-state index is -3.13. The lowest BCUT2D eigenvalue weighted by atomic mass is 9.99. The van der Waals surface area contributed by atoms with Crippen molar-refractivity contribution in [2.24, 2.45) is 0 Å². The molecule has 0 aliphatic heterocycles. The molecule has 0 spiro atoms. The normalized spacial score (nSPS) is 11.2. The van der Waals surface area contributed by atoms with Gasteiger partial charge in [-0.15, -0.1) is 0 Å². The van der Waals surface area contributed by atoms with E-state index in [1.54, 1.807) is 6.07 Å². The molecule has 0 fully saturated rings. The minimum Gasteiger partial charge on any atom is -0.478 e. The summed E-state index contributed by atoms with van der Waals surface area (Å²) in [5.41, 5.74) is -0.352. The molecule has 0 saturated heterocycles. The van der Waals surface area contributed by atoms with E-state index in [0.717, 1.165) is 12.1 Å². The zero-order valence-electron chi connectivity index (χ0n) is 9.31. The number of aromatic carboxylic acids is 1. The zero-order valence-corrected chi connectivity index (χ0v) is 9.31. The Bertz CT molecular complexity index is 548. The van der Waals surface area contributed by atoms with Crippen LogP contribution in [0, 0.1) is 0 Å². The molecule has 1 N–H and O–H groups in total. The maximum Gasteiger partial charge on any atom is 0.335 e. The summed E-state index contributed by atoms with van der Waals surface area (Å²) in [7, 11) is 0. The molecule has 0 atom stereocenters. The van der Waals surface area contributed by atoms with Crippen molar-refractivity contribution in [3.63, 3.8) is 0 Å². The van der Waals surface area contributed by atoms with Crippen molar-refractivity contribution in [1.29, 1.82) is 0 Å². The van der Waals surface area contributed by atoms with Gasteiger partial charge >= 0.3 is 5.97 Å². The molecule has 0 amide bonds. The summed E-state index contributed by atoms with van der Waals surface area (Å²) in [6.45, 7) is 0. The second-order valence-electron chi connectivity index (χ2n) is 3.82. The van der Waals surface area contributed by atoms with Crippen LogP contribution in [0.3, 0.4) is 0 Å². The number of carbonyl (C=O) groups is 1. The fourth-order valence-electron chi connectivity index (χ4n) is 1.64. The van der Waals surface area contributed by atoms with E-state index in [0.29, 0.717) is 0 Å². The molecule has 0 aliphatic rings. The summed E-state index contributed by atoms with van der Waals surface area (Å²) in [6, 6.07) is 12.0. The lowest BCUT2D eigenvalue weighted by molar-refractivity contribution is 0.0427. The molecule has 2 aromatic carbocycles. The molecular weight excluding hydrogens is 238 g/mol. The average Bonchev–Trinajstić information content (AvgIpc) is 2.40. The topological polar surface area (TPSA) is 37.3 Å². The number of carboxylic acids is 1. The summed E-state index contributed by atoms with van der Waals surface area (Å²) in [5, 5.41) is 8.71. The van der Waals surface area contributed by atoms with Crippen LogP contribution in [0.4, 0.5) is 8.78 Å². The summed E-state index contributed by atoms with van der Waals surface area (Å²) in [4.78, 5) is 10.6. The largest absolute Gasteiger partial charge is 0.478 e. The third-order valence-corrected chi connectivity index (χ3v) is 2.63. The SMILES string of the molecule is O=C(O)c1ccc(C(F)(F)c2ccccc2)cc1. The lowest BCUT2D eigenvalue weighted by Gasteiger charge is -2.17. The molecule has 0 bridgehead atoms. The predicted octanol–water partition coefficient (Wildman–Crippen LogP) is 3.52. The number of halogens is 2. The van der Waals surface area contributed by atoms with Gasteiger partial charge in [0.25, 0.3) is 5.92 Å². The molecule has 0 heterocycles. The molecule has 2 nitrogen and oxygen atoms in total. The maximum absolute atomic E-state index is 14.1. The molecule has 0 unspecified atom stereocenters. The molecule has 0 saturated carbocycles. The van der Waals surface area contributed by atoms with Gasteiger partial charge in [0.15, 0.2) is 0 Å². The molecular formula is C14H10F2O2. The fourth-order valence-corrected chi connectivity index (χ4v) is 1.64. The molecule has 4 heteroatoms. The zero-order chi connectivity index (χ0) is 13.2. The monoisotopic (exact) mass is 248 g/mol. The van der Waals surface area contributed by atoms with E-state index in [4.69, 9.17) is 5.11 Å². The van der Waals surface area contributed by atoms with E-state index >= 15 is 0 Å². The average molecular weight is 248 g/mol. The van der Waals surface area contributed by atoms with Gasteiger partial charge in [0.1, 0.15) is 0 Å². The number of alkyl halides is 2. The standard InChI is InChI=1S/C14H10F2O2/c15-14(16,11-4-2-1-3-5-11)12-8-6-10(7-9-12)13(17)18/h1-9H,(H,17,18). The molecule has 92 valence electrons. The van der Waals surface area contributed by atoms with Gasteiger partial charge in [0, 0.05) is 11.1 Å². The van der Waals surface area contributed by atoms with E-state index in [9.17, 15) is 13.6 Å². The molecule has 0 aromatic heterocycles. The Morgan fingerprint density at radius 1 is 0.889 bits per heavy atom. The first kappa shape index (κ1) is 12.2. The summed E-state index contributed by atoms with van der Waals surface area (Å²) in [6.07, 6.45) is 0. The number of hydrogen-bond donors (Lipinski definition) is 1. The number of rotatable bonds is 3. The van der Waals surface area contributed by atoms with E-state index in [1.807, 2.05) is 0 Å². The van der Waals surface area contributed by atoms with E-state index < -0.39 is 11.9 Å². The highest BCUT2D eigenvalue weighted by Crippen LogP contribution is 2.35. The fraction of sp³-hybridized carbons (Fsp3) is 0.0714. The maximum atomic E-state index is 14.1. The molecule has 0 aliphatic carbocycles. The Morgan fingerprint density at radius 2 is 1.39 bits per heavy atom. The highest BCUT2D eigenvalue weighted by Gasteiger charge is 2.33. The van der Waals surface area contributed by atoms with Crippen molar-refractivity contribution in [3.8, 4) is 0 Å². The van der Waals surface area contributed by atoms with E-state index in [2.05, 4.69) is 0 Å². The second-order valence-corrected chi connectivity index (χ2v) is 3.82. The molecule has 2 rings (SSSR count). The van der Waals surface area contributed by atoms with Crippen LogP contribution < -0.4 is 0 Å². The van der Waals surface area contributed by atoms with Crippen molar-refractivity contribution in [1.82, 2.24) is 0 Å². The van der Waals surface area contributed by atoms with Crippen LogP contribution in [-0.2, 0) is 5.92 Å². The van der Waals surface area contributed by atoms with E-state index in [-0.39, 0.29) is 16.7 Å². The van der Waals surface area contributed by atoms with Crippen molar-refractivity contribution < 1.29 is 18.7 Å². The number of carboxylic acid groups (broad SMARTS) is 1. The van der Waals surface area contributed by atoms with Crippen LogP contribution in [0.5, 0.6) is 0 Å². The van der Waals surface area contributed by atoms with Crippen molar-refractivity contribution >= 4 is 5.97 Å². The van der Waals surface area contributed by atoms with Gasteiger partial charge in [-0.1, -0.05) is 42.5 Å². The van der Waals surface area contributed by atoms with Crippen LogP contribution in [0.25, 0.3) is 0 Å². The van der Waals surface area contributed by atoms with Crippen LogP contribution in [0.1, 0.15) is 21.5 Å². The third-order valence-electron chi connectivity index (χ3n) is 2.63. The van der Waals surface area contributed by atoms with Crippen molar-refractivity contribution in [2.75, 3.05) is 0 Å². The van der Waals surface area contributed by atoms with Crippen LogP contribution >= 0.6 is 0 Å². The second kappa shape index (κ2) is 4.56. The minimum absolute atomic E-state index is 0.0115. The Labute approximate surface area is 103 Å². The highest BCUT2D eigenvalue weighted by molar-refractivity contribution is 5.87. The predicted molar refractivity (Wildman–Crippen MR) is 62.8 cm³/mol. The van der Waals surface area contributed by atoms with Gasteiger partial charge in [-0.25, -0.2) is 4.79 Å². The summed E-state index contributed by atoms with van der Waals surface area (Å²) >= 11 is 0. The molecule has 2 aromatic rings. The summed E-state index contributed by atoms with van der Waals surface area (Å²) < 4.78 is 28.1.